The number of rotatable bonds is 6. The molecular weight excluding hydrogens is 256 g/mol. The number of ether oxygens (including phenoxy) is 2. The highest BCUT2D eigenvalue weighted by Crippen LogP contribution is 2.27. The molecule has 0 aliphatic carbocycles. The molecule has 1 aromatic carbocycles. The lowest BCUT2D eigenvalue weighted by Gasteiger charge is -2.21. The molecule has 0 radical (unpaired) electrons. The van der Waals surface area contributed by atoms with Crippen LogP contribution in [-0.4, -0.2) is 30.4 Å². The van der Waals surface area contributed by atoms with Crippen LogP contribution in [0.25, 0.3) is 0 Å². The summed E-state index contributed by atoms with van der Waals surface area (Å²) in [7, 11) is 0. The van der Waals surface area contributed by atoms with Crippen molar-refractivity contribution in [2.45, 2.75) is 46.1 Å². The van der Waals surface area contributed by atoms with E-state index in [1.54, 1.807) is 6.92 Å². The Morgan fingerprint density at radius 1 is 1.35 bits per heavy atom. The van der Waals surface area contributed by atoms with E-state index in [1.807, 2.05) is 19.1 Å². The summed E-state index contributed by atoms with van der Waals surface area (Å²) in [6.45, 7) is 10.5. The number of carboxylic acids is 1. The average Bonchev–Trinajstić information content (AvgIpc) is 2.34. The fourth-order valence-electron chi connectivity index (χ4n) is 1.84. The Labute approximate surface area is 120 Å². The predicted octanol–water partition coefficient (Wildman–Crippen LogP) is 3.16. The van der Waals surface area contributed by atoms with Crippen LogP contribution in [0.5, 0.6) is 5.75 Å². The van der Waals surface area contributed by atoms with Crippen LogP contribution in [-0.2, 0) is 14.9 Å². The van der Waals surface area contributed by atoms with Crippen molar-refractivity contribution in [3.8, 4) is 5.75 Å². The molecule has 0 aromatic heterocycles. The van der Waals surface area contributed by atoms with E-state index < -0.39 is 12.1 Å². The van der Waals surface area contributed by atoms with Gasteiger partial charge in [0.15, 0.2) is 6.10 Å². The lowest BCUT2D eigenvalue weighted by atomic mass is 9.86. The monoisotopic (exact) mass is 280 g/mol. The SMILES string of the molecule is CCOC(COc1ccc(C(C)(C)C)cc1C)C(=O)O. The maximum atomic E-state index is 11.0. The summed E-state index contributed by atoms with van der Waals surface area (Å²) in [4.78, 5) is 11.0. The zero-order chi connectivity index (χ0) is 15.3. The van der Waals surface area contributed by atoms with Crippen LogP contribution in [0.15, 0.2) is 18.2 Å². The summed E-state index contributed by atoms with van der Waals surface area (Å²) < 4.78 is 10.7. The molecule has 4 heteroatoms. The van der Waals surface area contributed by atoms with Crippen LogP contribution < -0.4 is 4.74 Å². The molecule has 1 N–H and O–H groups in total. The van der Waals surface area contributed by atoms with E-state index in [9.17, 15) is 4.79 Å². The number of carbonyl (C=O) groups is 1. The summed E-state index contributed by atoms with van der Waals surface area (Å²) >= 11 is 0. The van der Waals surface area contributed by atoms with Crippen LogP contribution in [0.1, 0.15) is 38.8 Å². The Morgan fingerprint density at radius 2 is 2.00 bits per heavy atom. The second-order valence-corrected chi connectivity index (χ2v) is 5.82. The Hall–Kier alpha value is -1.55. The summed E-state index contributed by atoms with van der Waals surface area (Å²) in [5.41, 5.74) is 2.30. The third-order valence-corrected chi connectivity index (χ3v) is 3.07. The van der Waals surface area contributed by atoms with E-state index in [0.29, 0.717) is 12.4 Å². The highest BCUT2D eigenvalue weighted by atomic mass is 16.5. The van der Waals surface area contributed by atoms with E-state index >= 15 is 0 Å². The number of hydrogen-bond donors (Lipinski definition) is 1. The molecule has 1 atom stereocenters. The van der Waals surface area contributed by atoms with Crippen molar-refractivity contribution >= 4 is 5.97 Å². The normalized spacial score (nSPS) is 13.1. The van der Waals surface area contributed by atoms with E-state index in [2.05, 4.69) is 26.8 Å². The number of hydrogen-bond acceptors (Lipinski definition) is 3. The van der Waals surface area contributed by atoms with Gasteiger partial charge in [-0.05, 0) is 36.5 Å². The molecule has 0 fully saturated rings. The van der Waals surface area contributed by atoms with Crippen LogP contribution in [0.3, 0.4) is 0 Å². The predicted molar refractivity (Wildman–Crippen MR) is 78.4 cm³/mol. The van der Waals surface area contributed by atoms with Gasteiger partial charge in [0.2, 0.25) is 0 Å². The van der Waals surface area contributed by atoms with Gasteiger partial charge in [0.1, 0.15) is 12.4 Å². The van der Waals surface area contributed by atoms with Gasteiger partial charge in [-0.2, -0.15) is 0 Å². The maximum Gasteiger partial charge on any atom is 0.336 e. The second-order valence-electron chi connectivity index (χ2n) is 5.82. The van der Waals surface area contributed by atoms with Crippen LogP contribution >= 0.6 is 0 Å². The van der Waals surface area contributed by atoms with Gasteiger partial charge in [0.25, 0.3) is 0 Å². The van der Waals surface area contributed by atoms with Gasteiger partial charge >= 0.3 is 5.97 Å². The molecule has 1 aromatic rings. The van der Waals surface area contributed by atoms with E-state index in [0.717, 1.165) is 5.56 Å². The molecular formula is C16H24O4. The maximum absolute atomic E-state index is 11.0. The second kappa shape index (κ2) is 6.75. The Kier molecular flexibility index (Phi) is 5.57. The van der Waals surface area contributed by atoms with E-state index in [4.69, 9.17) is 14.6 Å². The highest BCUT2D eigenvalue weighted by molar-refractivity contribution is 5.72. The summed E-state index contributed by atoms with van der Waals surface area (Å²) in [6, 6.07) is 5.98. The molecule has 0 amide bonds. The molecule has 0 aliphatic heterocycles. The molecule has 0 bridgehead atoms. The summed E-state index contributed by atoms with van der Waals surface area (Å²) in [6.07, 6.45) is -0.929. The minimum absolute atomic E-state index is 0.0128. The molecule has 0 heterocycles. The van der Waals surface area contributed by atoms with Gasteiger partial charge in [0.05, 0.1) is 0 Å². The van der Waals surface area contributed by atoms with Crippen LogP contribution in [0.4, 0.5) is 0 Å². The zero-order valence-corrected chi connectivity index (χ0v) is 12.9. The van der Waals surface area contributed by atoms with Crippen molar-refractivity contribution in [3.05, 3.63) is 29.3 Å². The minimum Gasteiger partial charge on any atom is -0.490 e. The van der Waals surface area contributed by atoms with Crippen molar-refractivity contribution in [2.75, 3.05) is 13.2 Å². The molecule has 0 saturated heterocycles. The number of aliphatic carboxylic acids is 1. The third kappa shape index (κ3) is 4.53. The molecule has 0 aliphatic rings. The number of carboxylic acid groups (broad SMARTS) is 1. The fraction of sp³-hybridized carbons (Fsp3) is 0.562. The van der Waals surface area contributed by atoms with Crippen LogP contribution in [0, 0.1) is 6.92 Å². The molecule has 1 rings (SSSR count). The van der Waals surface area contributed by atoms with Crippen molar-refractivity contribution in [2.24, 2.45) is 0 Å². The average molecular weight is 280 g/mol. The lowest BCUT2D eigenvalue weighted by molar-refractivity contribution is -0.152. The summed E-state index contributed by atoms with van der Waals surface area (Å²) in [5.74, 6) is -0.306. The quantitative estimate of drug-likeness (QED) is 0.869. The molecule has 0 saturated carbocycles. The zero-order valence-electron chi connectivity index (χ0n) is 12.9. The molecule has 0 spiro atoms. The van der Waals surface area contributed by atoms with Gasteiger partial charge in [-0.3, -0.25) is 0 Å². The standard InChI is InChI=1S/C16H24O4/c1-6-19-14(15(17)18)10-20-13-8-7-12(9-11(13)2)16(3,4)5/h7-9,14H,6,10H2,1-5H3,(H,17,18). The first-order valence-corrected chi connectivity index (χ1v) is 6.84. The lowest BCUT2D eigenvalue weighted by Crippen LogP contribution is -2.30. The fourth-order valence-corrected chi connectivity index (χ4v) is 1.84. The smallest absolute Gasteiger partial charge is 0.336 e. The molecule has 20 heavy (non-hydrogen) atoms. The van der Waals surface area contributed by atoms with Gasteiger partial charge < -0.3 is 14.6 Å². The van der Waals surface area contributed by atoms with Crippen molar-refractivity contribution in [3.63, 3.8) is 0 Å². The topological polar surface area (TPSA) is 55.8 Å². The van der Waals surface area contributed by atoms with E-state index in [1.165, 1.54) is 5.56 Å². The minimum atomic E-state index is -1.00. The highest BCUT2D eigenvalue weighted by Gasteiger charge is 2.19. The first-order valence-electron chi connectivity index (χ1n) is 6.84. The van der Waals surface area contributed by atoms with Gasteiger partial charge in [-0.1, -0.05) is 32.9 Å². The third-order valence-electron chi connectivity index (χ3n) is 3.07. The van der Waals surface area contributed by atoms with Gasteiger partial charge in [0, 0.05) is 6.61 Å². The largest absolute Gasteiger partial charge is 0.490 e. The van der Waals surface area contributed by atoms with Crippen molar-refractivity contribution in [1.29, 1.82) is 0 Å². The Balaban J connectivity index is 2.76. The molecule has 1 unspecified atom stereocenters. The molecule has 112 valence electrons. The van der Waals surface area contributed by atoms with Crippen LogP contribution in [0.2, 0.25) is 0 Å². The first-order chi connectivity index (χ1) is 9.25. The van der Waals surface area contributed by atoms with Crippen molar-refractivity contribution in [1.82, 2.24) is 0 Å². The first kappa shape index (κ1) is 16.5. The number of aryl methyl sites for hydroxylation is 1. The van der Waals surface area contributed by atoms with E-state index in [-0.39, 0.29) is 12.0 Å². The Bertz CT molecular complexity index is 460. The van der Waals surface area contributed by atoms with Gasteiger partial charge in [-0.25, -0.2) is 4.79 Å². The van der Waals surface area contributed by atoms with Gasteiger partial charge in [-0.15, -0.1) is 0 Å². The van der Waals surface area contributed by atoms with Crippen molar-refractivity contribution < 1.29 is 19.4 Å². The Morgan fingerprint density at radius 3 is 2.45 bits per heavy atom. The molecule has 4 nitrogen and oxygen atoms in total. The number of benzene rings is 1. The summed E-state index contributed by atoms with van der Waals surface area (Å²) in [5, 5.41) is 9.00.